The van der Waals surface area contributed by atoms with E-state index in [1.165, 1.54) is 11.0 Å². The van der Waals surface area contributed by atoms with E-state index in [1.54, 1.807) is 0 Å². The largest absolute Gasteiger partial charge is 0.507 e. The maximum absolute atomic E-state index is 13.1. The molecule has 0 radical (unpaired) electrons. The van der Waals surface area contributed by atoms with Crippen molar-refractivity contribution in [1.82, 2.24) is 4.90 Å². The molecule has 1 unspecified atom stereocenters. The highest BCUT2D eigenvalue weighted by Gasteiger charge is 2.21. The van der Waals surface area contributed by atoms with E-state index in [0.717, 1.165) is 17.7 Å². The summed E-state index contributed by atoms with van der Waals surface area (Å²) in [5.74, 6) is -1.46. The second kappa shape index (κ2) is 7.74. The van der Waals surface area contributed by atoms with Crippen molar-refractivity contribution in [2.75, 3.05) is 6.54 Å². The fourth-order valence-electron chi connectivity index (χ4n) is 2.26. The number of hydrogen-bond acceptors (Lipinski definition) is 3. The topological polar surface area (TPSA) is 60.8 Å². The number of amides is 1. The zero-order valence-corrected chi connectivity index (χ0v) is 12.9. The first-order valence-electron chi connectivity index (χ1n) is 7.51. The summed E-state index contributed by atoms with van der Waals surface area (Å²) < 4.78 is 13.1. The van der Waals surface area contributed by atoms with Gasteiger partial charge in [-0.3, -0.25) is 4.79 Å². The summed E-state index contributed by atoms with van der Waals surface area (Å²) in [5.41, 5.74) is 0.927. The molecule has 0 saturated heterocycles. The maximum atomic E-state index is 13.1. The highest BCUT2D eigenvalue weighted by atomic mass is 19.1. The number of aliphatic hydroxyl groups excluding tert-OH is 1. The standard InChI is InChI=1S/C18H20FNO3/c1-2-15(21)12-20(11-13-6-4-3-5-7-13)18(23)16-9-8-14(19)10-17(16)22/h3-10,15,21-22H,2,11-12H2,1H3. The predicted molar refractivity (Wildman–Crippen MR) is 85.5 cm³/mol. The third-order valence-electron chi connectivity index (χ3n) is 3.60. The first-order valence-corrected chi connectivity index (χ1v) is 7.51. The lowest BCUT2D eigenvalue weighted by Crippen LogP contribution is -2.37. The normalized spacial score (nSPS) is 12.0. The molecule has 0 aliphatic carbocycles. The van der Waals surface area contributed by atoms with Gasteiger partial charge in [0.15, 0.2) is 0 Å². The summed E-state index contributed by atoms with van der Waals surface area (Å²) in [6.45, 7) is 2.26. The molecule has 5 heteroatoms. The van der Waals surface area contributed by atoms with E-state index in [9.17, 15) is 19.4 Å². The van der Waals surface area contributed by atoms with Crippen LogP contribution in [0.15, 0.2) is 48.5 Å². The highest BCUT2D eigenvalue weighted by molar-refractivity contribution is 5.96. The third kappa shape index (κ3) is 4.53. The fourth-order valence-corrected chi connectivity index (χ4v) is 2.26. The molecule has 2 aromatic carbocycles. The van der Waals surface area contributed by atoms with E-state index >= 15 is 0 Å². The van der Waals surface area contributed by atoms with Crippen LogP contribution in [-0.2, 0) is 6.54 Å². The molecule has 4 nitrogen and oxygen atoms in total. The Bertz CT molecular complexity index is 661. The SMILES string of the molecule is CCC(O)CN(Cc1ccccc1)C(=O)c1ccc(F)cc1O. The molecule has 1 atom stereocenters. The Morgan fingerprint density at radius 3 is 2.52 bits per heavy atom. The van der Waals surface area contributed by atoms with Gasteiger partial charge in [-0.25, -0.2) is 4.39 Å². The molecule has 0 heterocycles. The Labute approximate surface area is 134 Å². The molecule has 23 heavy (non-hydrogen) atoms. The molecule has 0 saturated carbocycles. The molecule has 0 aliphatic heterocycles. The Morgan fingerprint density at radius 2 is 1.91 bits per heavy atom. The first-order chi connectivity index (χ1) is 11.0. The van der Waals surface area contributed by atoms with E-state index in [1.807, 2.05) is 37.3 Å². The highest BCUT2D eigenvalue weighted by Crippen LogP contribution is 2.21. The predicted octanol–water partition coefficient (Wildman–Crippen LogP) is 2.94. The van der Waals surface area contributed by atoms with Crippen molar-refractivity contribution >= 4 is 5.91 Å². The fraction of sp³-hybridized carbons (Fsp3) is 0.278. The van der Waals surface area contributed by atoms with Crippen LogP contribution in [0.3, 0.4) is 0 Å². The van der Waals surface area contributed by atoms with Gasteiger partial charge in [0.05, 0.1) is 11.7 Å². The zero-order valence-electron chi connectivity index (χ0n) is 12.9. The van der Waals surface area contributed by atoms with Crippen molar-refractivity contribution in [3.8, 4) is 5.75 Å². The zero-order chi connectivity index (χ0) is 16.8. The lowest BCUT2D eigenvalue weighted by atomic mass is 10.1. The summed E-state index contributed by atoms with van der Waals surface area (Å²) in [5, 5.41) is 19.7. The van der Waals surface area contributed by atoms with Crippen LogP contribution < -0.4 is 0 Å². The van der Waals surface area contributed by atoms with Crippen molar-refractivity contribution < 1.29 is 19.4 Å². The lowest BCUT2D eigenvalue weighted by Gasteiger charge is -2.25. The van der Waals surface area contributed by atoms with Crippen LogP contribution in [0, 0.1) is 5.82 Å². The number of phenols is 1. The maximum Gasteiger partial charge on any atom is 0.258 e. The van der Waals surface area contributed by atoms with Gasteiger partial charge in [0.25, 0.3) is 5.91 Å². The molecule has 0 aromatic heterocycles. The molecule has 0 bridgehead atoms. The molecule has 0 spiro atoms. The molecule has 0 aliphatic rings. The Balaban J connectivity index is 2.26. The van der Waals surface area contributed by atoms with Crippen LogP contribution in [0.2, 0.25) is 0 Å². The molecular weight excluding hydrogens is 297 g/mol. The number of phenolic OH excluding ortho intramolecular Hbond substituents is 1. The van der Waals surface area contributed by atoms with E-state index in [4.69, 9.17) is 0 Å². The second-order valence-corrected chi connectivity index (χ2v) is 5.39. The number of rotatable bonds is 6. The number of carbonyl (C=O) groups is 1. The number of benzene rings is 2. The number of hydrogen-bond donors (Lipinski definition) is 2. The average molecular weight is 317 g/mol. The smallest absolute Gasteiger partial charge is 0.258 e. The summed E-state index contributed by atoms with van der Waals surface area (Å²) in [6.07, 6.45) is -0.154. The molecule has 2 N–H and O–H groups in total. The second-order valence-electron chi connectivity index (χ2n) is 5.39. The molecule has 1 amide bonds. The average Bonchev–Trinajstić information content (AvgIpc) is 2.54. The summed E-state index contributed by atoms with van der Waals surface area (Å²) in [7, 11) is 0. The van der Waals surface area contributed by atoms with Crippen molar-refractivity contribution in [3.05, 3.63) is 65.5 Å². The van der Waals surface area contributed by atoms with Gasteiger partial charge in [0.2, 0.25) is 0 Å². The van der Waals surface area contributed by atoms with Crippen LogP contribution in [0.25, 0.3) is 0 Å². The molecule has 2 rings (SSSR count). The van der Waals surface area contributed by atoms with E-state index in [-0.39, 0.29) is 12.1 Å². The van der Waals surface area contributed by atoms with Crippen LogP contribution >= 0.6 is 0 Å². The monoisotopic (exact) mass is 317 g/mol. The van der Waals surface area contributed by atoms with Crippen molar-refractivity contribution in [3.63, 3.8) is 0 Å². The number of halogens is 1. The van der Waals surface area contributed by atoms with E-state index < -0.39 is 23.6 Å². The minimum atomic E-state index is -0.662. The van der Waals surface area contributed by atoms with Gasteiger partial charge in [0, 0.05) is 19.2 Å². The van der Waals surface area contributed by atoms with Gasteiger partial charge in [-0.05, 0) is 24.1 Å². The molecule has 0 fully saturated rings. The van der Waals surface area contributed by atoms with Gasteiger partial charge < -0.3 is 15.1 Å². The van der Waals surface area contributed by atoms with E-state index in [2.05, 4.69) is 0 Å². The van der Waals surface area contributed by atoms with Gasteiger partial charge in [-0.15, -0.1) is 0 Å². The quantitative estimate of drug-likeness (QED) is 0.861. The Morgan fingerprint density at radius 1 is 1.22 bits per heavy atom. The Kier molecular flexibility index (Phi) is 5.71. The van der Waals surface area contributed by atoms with Crippen LogP contribution in [0.4, 0.5) is 4.39 Å². The van der Waals surface area contributed by atoms with Crippen LogP contribution in [0.1, 0.15) is 29.3 Å². The van der Waals surface area contributed by atoms with Gasteiger partial charge in [-0.2, -0.15) is 0 Å². The summed E-state index contributed by atoms with van der Waals surface area (Å²) in [4.78, 5) is 14.1. The van der Waals surface area contributed by atoms with Crippen molar-refractivity contribution in [1.29, 1.82) is 0 Å². The number of aliphatic hydroxyl groups is 1. The van der Waals surface area contributed by atoms with Crippen LogP contribution in [0.5, 0.6) is 5.75 Å². The van der Waals surface area contributed by atoms with Crippen molar-refractivity contribution in [2.24, 2.45) is 0 Å². The first kappa shape index (κ1) is 17.0. The van der Waals surface area contributed by atoms with Gasteiger partial charge >= 0.3 is 0 Å². The summed E-state index contributed by atoms with van der Waals surface area (Å²) >= 11 is 0. The summed E-state index contributed by atoms with van der Waals surface area (Å²) in [6, 6.07) is 12.7. The minimum absolute atomic E-state index is 0.0191. The number of aromatic hydroxyl groups is 1. The molecular formula is C18H20FNO3. The van der Waals surface area contributed by atoms with Crippen LogP contribution in [-0.4, -0.2) is 33.7 Å². The van der Waals surface area contributed by atoms with Gasteiger partial charge in [0.1, 0.15) is 11.6 Å². The van der Waals surface area contributed by atoms with Crippen molar-refractivity contribution in [2.45, 2.75) is 26.0 Å². The minimum Gasteiger partial charge on any atom is -0.507 e. The number of carbonyl (C=O) groups excluding carboxylic acids is 1. The molecule has 2 aromatic rings. The third-order valence-corrected chi connectivity index (χ3v) is 3.60. The molecule has 122 valence electrons. The number of nitrogens with zero attached hydrogens (tertiary/aromatic N) is 1. The lowest BCUT2D eigenvalue weighted by molar-refractivity contribution is 0.0596. The van der Waals surface area contributed by atoms with E-state index in [0.29, 0.717) is 13.0 Å². The van der Waals surface area contributed by atoms with Gasteiger partial charge in [-0.1, -0.05) is 37.3 Å². The Hall–Kier alpha value is -2.40.